The first-order valence-electron chi connectivity index (χ1n) is 12.1. The van der Waals surface area contributed by atoms with Crippen molar-refractivity contribution in [1.82, 2.24) is 9.36 Å². The van der Waals surface area contributed by atoms with E-state index >= 15 is 0 Å². The number of rotatable bonds is 7. The van der Waals surface area contributed by atoms with Gasteiger partial charge in [-0.1, -0.05) is 20.8 Å². The largest absolute Gasteiger partial charge is 0.492 e. The average Bonchev–Trinajstić information content (AvgIpc) is 3.40. The van der Waals surface area contributed by atoms with Crippen molar-refractivity contribution >= 4 is 11.9 Å². The van der Waals surface area contributed by atoms with Crippen LogP contribution >= 0.6 is 0 Å². The molecule has 1 N–H and O–H groups in total. The first-order chi connectivity index (χ1) is 17.0. The number of carboxylic acids is 1. The van der Waals surface area contributed by atoms with E-state index in [0.29, 0.717) is 19.2 Å². The number of hydrogen-bond donors (Lipinski definition) is 1. The van der Waals surface area contributed by atoms with Crippen molar-refractivity contribution in [3.63, 3.8) is 0 Å². The van der Waals surface area contributed by atoms with Crippen LogP contribution in [-0.4, -0.2) is 45.7 Å². The van der Waals surface area contributed by atoms with Crippen LogP contribution in [0.15, 0.2) is 29.3 Å². The second-order valence-electron chi connectivity index (χ2n) is 11.0. The Bertz CT molecular complexity index is 1230. The van der Waals surface area contributed by atoms with Crippen LogP contribution in [0.25, 0.3) is 0 Å². The van der Waals surface area contributed by atoms with E-state index in [-0.39, 0.29) is 29.4 Å². The highest BCUT2D eigenvalue weighted by molar-refractivity contribution is 5.97. The molecule has 204 valence electrons. The molecule has 2 heterocycles. The Hall–Kier alpha value is -3.08. The molecule has 0 unspecified atom stereocenters. The summed E-state index contributed by atoms with van der Waals surface area (Å²) >= 11 is 0. The van der Waals surface area contributed by atoms with Gasteiger partial charge in [-0.2, -0.15) is 18.2 Å². The number of alkyl halides is 3. The third-order valence-corrected chi connectivity index (χ3v) is 6.33. The summed E-state index contributed by atoms with van der Waals surface area (Å²) in [6, 6.07) is 4.24. The molecule has 8 nitrogen and oxygen atoms in total. The van der Waals surface area contributed by atoms with Gasteiger partial charge >= 0.3 is 12.1 Å². The highest BCUT2D eigenvalue weighted by Gasteiger charge is 2.33. The fourth-order valence-electron chi connectivity index (χ4n) is 4.05. The van der Waals surface area contributed by atoms with Gasteiger partial charge in [-0.15, -0.1) is 0 Å². The summed E-state index contributed by atoms with van der Waals surface area (Å²) in [7, 11) is 1.84. The fraction of sp³-hybridized carbons (Fsp3) is 0.577. The molecule has 0 aliphatic carbocycles. The van der Waals surface area contributed by atoms with Crippen molar-refractivity contribution in [2.24, 2.45) is 17.5 Å². The average molecular weight is 526 g/mol. The van der Waals surface area contributed by atoms with E-state index in [1.165, 1.54) is 13.8 Å². The minimum atomic E-state index is -4.69. The second-order valence-corrected chi connectivity index (χ2v) is 11.0. The monoisotopic (exact) mass is 525 g/mol. The molecule has 1 aromatic heterocycles. The Kier molecular flexibility index (Phi) is 7.97. The molecular formula is C26H34F3N3O5. The predicted octanol–water partition coefficient (Wildman–Crippen LogP) is 4.55. The molecule has 3 rings (SSSR count). The predicted molar refractivity (Wildman–Crippen MR) is 129 cm³/mol. The molecule has 1 aromatic carbocycles. The van der Waals surface area contributed by atoms with Crippen LogP contribution in [0.2, 0.25) is 0 Å². The Morgan fingerprint density at radius 2 is 1.84 bits per heavy atom. The molecule has 0 spiro atoms. The summed E-state index contributed by atoms with van der Waals surface area (Å²) in [5.41, 5.74) is -1.90. The minimum absolute atomic E-state index is 0.0684. The molecule has 37 heavy (non-hydrogen) atoms. The summed E-state index contributed by atoms with van der Waals surface area (Å²) in [4.78, 5) is 29.0. The summed E-state index contributed by atoms with van der Waals surface area (Å²) in [5.74, 6) is -2.25. The maximum absolute atomic E-state index is 13.5. The van der Waals surface area contributed by atoms with Gasteiger partial charge in [0.2, 0.25) is 0 Å². The van der Waals surface area contributed by atoms with Gasteiger partial charge in [0.15, 0.2) is 5.49 Å². The molecule has 1 saturated heterocycles. The highest BCUT2D eigenvalue weighted by Crippen LogP contribution is 2.33. The molecule has 1 amide bonds. The van der Waals surface area contributed by atoms with Gasteiger partial charge in [0, 0.05) is 30.8 Å². The third kappa shape index (κ3) is 6.63. The molecular weight excluding hydrogens is 491 g/mol. The van der Waals surface area contributed by atoms with Gasteiger partial charge in [-0.3, -0.25) is 19.0 Å². The van der Waals surface area contributed by atoms with Gasteiger partial charge in [0.1, 0.15) is 12.4 Å². The molecule has 1 atom stereocenters. The number of carbonyl (C=O) groups is 2. The van der Waals surface area contributed by atoms with Crippen molar-refractivity contribution in [2.75, 3.05) is 13.2 Å². The van der Waals surface area contributed by atoms with E-state index in [1.54, 1.807) is 10.7 Å². The quantitative estimate of drug-likeness (QED) is 0.572. The lowest BCUT2D eigenvalue weighted by Gasteiger charge is -2.21. The lowest BCUT2D eigenvalue weighted by Crippen LogP contribution is -2.31. The molecule has 0 saturated carbocycles. The zero-order chi connectivity index (χ0) is 27.8. The topological polar surface area (TPSA) is 95.0 Å². The highest BCUT2D eigenvalue weighted by atomic mass is 19.4. The zero-order valence-corrected chi connectivity index (χ0v) is 22.0. The summed E-state index contributed by atoms with van der Waals surface area (Å²) < 4.78 is 55.4. The van der Waals surface area contributed by atoms with E-state index in [9.17, 15) is 27.9 Å². The van der Waals surface area contributed by atoms with Crippen LogP contribution in [0.4, 0.5) is 13.2 Å². The number of carbonyl (C=O) groups excluding carboxylic acids is 1. The van der Waals surface area contributed by atoms with Crippen LogP contribution in [0, 0.1) is 5.41 Å². The van der Waals surface area contributed by atoms with Crippen molar-refractivity contribution in [1.29, 1.82) is 0 Å². The van der Waals surface area contributed by atoms with E-state index < -0.39 is 34.6 Å². The number of ether oxygens (including phenoxy) is 2. The number of aliphatic carboxylic acids is 1. The number of benzene rings is 1. The van der Waals surface area contributed by atoms with Crippen LogP contribution in [0.1, 0.15) is 69.1 Å². The molecule has 1 aliphatic heterocycles. The number of amides is 1. The van der Waals surface area contributed by atoms with Crippen molar-refractivity contribution in [3.05, 3.63) is 46.6 Å². The molecule has 0 radical (unpaired) electrons. The van der Waals surface area contributed by atoms with Crippen molar-refractivity contribution < 1.29 is 37.3 Å². The SMILES string of the molecule is Cn1c(C(C)(C)C)c/c(=N\C(=O)c2cc(C(F)(F)F)ccc2OCC(C)(C)C(=O)O)n1C[C@H]1CCCO1. The molecule has 11 heteroatoms. The zero-order valence-electron chi connectivity index (χ0n) is 22.0. The number of nitrogens with zero attached hydrogens (tertiary/aromatic N) is 3. The summed E-state index contributed by atoms with van der Waals surface area (Å²) in [6.45, 7) is 9.57. The van der Waals surface area contributed by atoms with Gasteiger partial charge in [-0.25, -0.2) is 0 Å². The first-order valence-corrected chi connectivity index (χ1v) is 12.1. The van der Waals surface area contributed by atoms with E-state index in [2.05, 4.69) is 4.99 Å². The van der Waals surface area contributed by atoms with E-state index in [0.717, 1.165) is 30.7 Å². The van der Waals surface area contributed by atoms with Crippen LogP contribution in [0.5, 0.6) is 5.75 Å². The number of aromatic nitrogens is 2. The third-order valence-electron chi connectivity index (χ3n) is 6.33. The first kappa shape index (κ1) is 28.5. The van der Waals surface area contributed by atoms with Gasteiger partial charge < -0.3 is 14.6 Å². The summed E-state index contributed by atoms with van der Waals surface area (Å²) in [5, 5.41) is 9.36. The Morgan fingerprint density at radius 1 is 1.16 bits per heavy atom. The number of hydrogen-bond acceptors (Lipinski definition) is 4. The van der Waals surface area contributed by atoms with Gasteiger partial charge in [-0.05, 0) is 44.9 Å². The smallest absolute Gasteiger partial charge is 0.416 e. The maximum Gasteiger partial charge on any atom is 0.416 e. The van der Waals surface area contributed by atoms with Crippen molar-refractivity contribution in [3.8, 4) is 5.75 Å². The van der Waals surface area contributed by atoms with E-state index in [4.69, 9.17) is 9.47 Å². The van der Waals surface area contributed by atoms with Gasteiger partial charge in [0.25, 0.3) is 5.91 Å². The lowest BCUT2D eigenvalue weighted by atomic mass is 9.92. The minimum Gasteiger partial charge on any atom is -0.492 e. The standard InChI is InChI=1S/C26H34F3N3O5/c1-24(2,3)20-13-21(32(31(20)6)14-17-8-7-11-36-17)30-22(33)18-12-16(26(27,28)29)9-10-19(18)37-15-25(4,5)23(34)35/h9-10,12-13,17H,7-8,11,14-15H2,1-6H3,(H,34,35)/b30-21+/t17-/m1/s1. The maximum atomic E-state index is 13.5. The lowest BCUT2D eigenvalue weighted by molar-refractivity contribution is -0.148. The number of carboxylic acid groups (broad SMARTS) is 1. The van der Waals surface area contributed by atoms with Crippen molar-refractivity contribution in [2.45, 2.75) is 71.7 Å². The molecule has 2 aromatic rings. The van der Waals surface area contributed by atoms with Gasteiger partial charge in [0.05, 0.1) is 29.2 Å². The molecule has 0 bridgehead atoms. The number of halogens is 3. The Balaban J connectivity index is 2.10. The molecule has 1 fully saturated rings. The Labute approximate surface area is 213 Å². The molecule has 1 aliphatic rings. The van der Waals surface area contributed by atoms with Crippen LogP contribution < -0.4 is 10.2 Å². The van der Waals surface area contributed by atoms with E-state index in [1.807, 2.05) is 32.5 Å². The fourth-order valence-corrected chi connectivity index (χ4v) is 4.05. The second kappa shape index (κ2) is 10.4. The van der Waals surface area contributed by atoms with Crippen LogP contribution in [0.3, 0.4) is 0 Å². The summed E-state index contributed by atoms with van der Waals surface area (Å²) in [6.07, 6.45) is -2.99. The van der Waals surface area contributed by atoms with Crippen LogP contribution in [-0.2, 0) is 34.7 Å². The normalized spacial score (nSPS) is 17.3. The Morgan fingerprint density at radius 3 is 2.38 bits per heavy atom.